The molecule has 1 heterocycles. The van der Waals surface area contributed by atoms with Crippen molar-refractivity contribution in [3.8, 4) is 0 Å². The van der Waals surface area contributed by atoms with Crippen LogP contribution in [0.15, 0.2) is 59.6 Å². The van der Waals surface area contributed by atoms with Crippen LogP contribution in [0.2, 0.25) is 0 Å². The minimum atomic E-state index is -1.25. The molecule has 2 aromatic carbocycles. The lowest BCUT2D eigenvalue weighted by Gasteiger charge is -2.31. The van der Waals surface area contributed by atoms with Crippen LogP contribution < -0.4 is 0 Å². The number of hydrogen-bond acceptors (Lipinski definition) is 6. The lowest BCUT2D eigenvalue weighted by molar-refractivity contribution is -0.384. The number of cyclic esters (lactones) is 1. The monoisotopic (exact) mass is 394 g/mol. The van der Waals surface area contributed by atoms with Gasteiger partial charge in [-0.1, -0.05) is 43.7 Å². The van der Waals surface area contributed by atoms with Crippen LogP contribution in [0, 0.1) is 10.1 Å². The van der Waals surface area contributed by atoms with Gasteiger partial charge in [0, 0.05) is 30.0 Å². The van der Waals surface area contributed by atoms with E-state index in [1.54, 1.807) is 24.3 Å². The number of Topliss-reactive ketones (excluding diaryl/α,β-unsaturated/α-hetero) is 1. The molecule has 3 rings (SSSR count). The summed E-state index contributed by atoms with van der Waals surface area (Å²) in [6, 6.07) is 15.1. The second-order valence-corrected chi connectivity index (χ2v) is 7.15. The second-order valence-electron chi connectivity index (χ2n) is 7.15. The van der Waals surface area contributed by atoms with Crippen molar-refractivity contribution in [3.05, 3.63) is 75.8 Å². The van der Waals surface area contributed by atoms with Crippen molar-refractivity contribution in [1.29, 1.82) is 0 Å². The predicted molar refractivity (Wildman–Crippen MR) is 108 cm³/mol. The lowest BCUT2D eigenvalue weighted by atomic mass is 9.74. The predicted octanol–water partition coefficient (Wildman–Crippen LogP) is 4.20. The lowest BCUT2D eigenvalue weighted by Crippen LogP contribution is -2.41. The number of nitrogens with zero attached hydrogens (tertiary/aromatic N) is 2. The number of aliphatic imine (C=N–C) groups is 1. The summed E-state index contributed by atoms with van der Waals surface area (Å²) in [5.74, 6) is -0.934. The van der Waals surface area contributed by atoms with Crippen LogP contribution in [0.1, 0.15) is 50.2 Å². The van der Waals surface area contributed by atoms with Crippen LogP contribution in [0.3, 0.4) is 0 Å². The summed E-state index contributed by atoms with van der Waals surface area (Å²) in [5, 5.41) is 11.0. The van der Waals surface area contributed by atoms with Crippen LogP contribution in [-0.4, -0.2) is 28.1 Å². The number of hydrogen-bond donors (Lipinski definition) is 0. The summed E-state index contributed by atoms with van der Waals surface area (Å²) >= 11 is 0. The number of esters is 1. The molecule has 0 fully saturated rings. The average Bonchev–Trinajstić information content (AvgIpc) is 3.04. The van der Waals surface area contributed by atoms with Gasteiger partial charge in [0.2, 0.25) is 5.90 Å². The molecule has 0 bridgehead atoms. The molecule has 0 spiro atoms. The Bertz CT molecular complexity index is 953. The third kappa shape index (κ3) is 4.08. The van der Waals surface area contributed by atoms with E-state index in [9.17, 15) is 19.7 Å². The van der Waals surface area contributed by atoms with Gasteiger partial charge in [-0.25, -0.2) is 9.79 Å². The maximum atomic E-state index is 13.1. The number of non-ortho nitro benzene ring substituents is 1. The van der Waals surface area contributed by atoms with Crippen molar-refractivity contribution in [1.82, 2.24) is 0 Å². The van der Waals surface area contributed by atoms with Crippen molar-refractivity contribution >= 4 is 23.3 Å². The molecule has 1 aliphatic heterocycles. The molecular weight excluding hydrogens is 372 g/mol. The first-order valence-electron chi connectivity index (χ1n) is 9.48. The fourth-order valence-electron chi connectivity index (χ4n) is 3.74. The molecule has 0 amide bonds. The average molecular weight is 394 g/mol. The number of ether oxygens (including phenoxy) is 1. The molecule has 0 saturated heterocycles. The summed E-state index contributed by atoms with van der Waals surface area (Å²) in [5.41, 5.74) is 0.0301. The number of rotatable bonds is 8. The summed E-state index contributed by atoms with van der Waals surface area (Å²) in [4.78, 5) is 40.4. The number of ketones is 1. The summed E-state index contributed by atoms with van der Waals surface area (Å²) in [6.45, 7) is 3.39. The Morgan fingerprint density at radius 1 is 1.17 bits per heavy atom. The molecule has 150 valence electrons. The number of nitro groups is 1. The highest BCUT2D eigenvalue weighted by atomic mass is 16.6. The number of carbonyl (C=O) groups excluding carboxylic acids is 2. The van der Waals surface area contributed by atoms with Gasteiger partial charge in [-0.3, -0.25) is 10.1 Å². The fourth-order valence-corrected chi connectivity index (χ4v) is 3.74. The standard InChI is InChI=1S/C22H22N2O5/c1-3-13-22(21(26)29-20(23-22)17-7-5-4-6-8-17)19(14-15(2)25)16-9-11-18(12-10-16)24(27)28/h4-12,19H,3,13-14H2,1-2H3/t19-,22-/m1/s1. The molecule has 29 heavy (non-hydrogen) atoms. The van der Waals surface area contributed by atoms with Crippen LogP contribution >= 0.6 is 0 Å². The van der Waals surface area contributed by atoms with Gasteiger partial charge >= 0.3 is 5.97 Å². The van der Waals surface area contributed by atoms with Crippen molar-refractivity contribution in [2.45, 2.75) is 44.6 Å². The molecule has 0 N–H and O–H groups in total. The number of nitro benzene ring substituents is 1. The third-order valence-electron chi connectivity index (χ3n) is 5.07. The van der Waals surface area contributed by atoms with Crippen LogP contribution in [0.5, 0.6) is 0 Å². The molecular formula is C22H22N2O5. The summed E-state index contributed by atoms with van der Waals surface area (Å²) in [7, 11) is 0. The van der Waals surface area contributed by atoms with Gasteiger partial charge in [0.05, 0.1) is 4.92 Å². The molecule has 7 nitrogen and oxygen atoms in total. The second kappa shape index (κ2) is 8.34. The van der Waals surface area contributed by atoms with E-state index in [1.807, 2.05) is 25.1 Å². The molecule has 2 aromatic rings. The van der Waals surface area contributed by atoms with E-state index < -0.39 is 22.3 Å². The zero-order chi connectivity index (χ0) is 21.0. The van der Waals surface area contributed by atoms with E-state index in [1.165, 1.54) is 19.1 Å². The van der Waals surface area contributed by atoms with E-state index in [-0.39, 0.29) is 23.8 Å². The molecule has 0 aliphatic carbocycles. The van der Waals surface area contributed by atoms with E-state index in [0.29, 0.717) is 24.0 Å². The van der Waals surface area contributed by atoms with Crippen LogP contribution in [-0.2, 0) is 14.3 Å². The molecule has 0 unspecified atom stereocenters. The van der Waals surface area contributed by atoms with Gasteiger partial charge in [0.15, 0.2) is 5.54 Å². The Kier molecular flexibility index (Phi) is 5.87. The highest BCUT2D eigenvalue weighted by molar-refractivity contribution is 6.08. The summed E-state index contributed by atoms with van der Waals surface area (Å²) in [6.07, 6.45) is 1.14. The van der Waals surface area contributed by atoms with Crippen LogP contribution in [0.25, 0.3) is 0 Å². The Labute approximate surface area is 168 Å². The molecule has 0 aromatic heterocycles. The maximum Gasteiger partial charge on any atom is 0.341 e. The topological polar surface area (TPSA) is 98.9 Å². The SMILES string of the molecule is CCC[C@]1([C@H](CC(C)=O)c2ccc([N+](=O)[O-])cc2)N=C(c2ccccc2)OC1=O. The van der Waals surface area contributed by atoms with Gasteiger partial charge < -0.3 is 9.53 Å². The Hall–Kier alpha value is -3.35. The minimum Gasteiger partial charge on any atom is -0.405 e. The van der Waals surface area contributed by atoms with Gasteiger partial charge in [0.1, 0.15) is 5.78 Å². The minimum absolute atomic E-state index is 0.0534. The zero-order valence-corrected chi connectivity index (χ0v) is 16.3. The smallest absolute Gasteiger partial charge is 0.341 e. The maximum absolute atomic E-state index is 13.1. The van der Waals surface area contributed by atoms with E-state index in [2.05, 4.69) is 0 Å². The van der Waals surface area contributed by atoms with Crippen molar-refractivity contribution in [3.63, 3.8) is 0 Å². The highest BCUT2D eigenvalue weighted by Gasteiger charge is 2.52. The molecule has 0 saturated carbocycles. The normalized spacial score (nSPS) is 19.4. The van der Waals surface area contributed by atoms with Crippen molar-refractivity contribution < 1.29 is 19.2 Å². The fraction of sp³-hybridized carbons (Fsp3) is 0.318. The first-order valence-corrected chi connectivity index (χ1v) is 9.48. The zero-order valence-electron chi connectivity index (χ0n) is 16.3. The number of benzene rings is 2. The van der Waals surface area contributed by atoms with Crippen molar-refractivity contribution in [2.24, 2.45) is 4.99 Å². The molecule has 1 aliphatic rings. The first-order chi connectivity index (χ1) is 13.9. The highest BCUT2D eigenvalue weighted by Crippen LogP contribution is 2.43. The molecule has 2 atom stereocenters. The molecule has 0 radical (unpaired) electrons. The van der Waals surface area contributed by atoms with E-state index in [0.717, 1.165) is 0 Å². The van der Waals surface area contributed by atoms with E-state index >= 15 is 0 Å². The van der Waals surface area contributed by atoms with Gasteiger partial charge in [-0.15, -0.1) is 0 Å². The first kappa shape index (κ1) is 20.4. The van der Waals surface area contributed by atoms with Gasteiger partial charge in [-0.05, 0) is 31.0 Å². The molecule has 7 heteroatoms. The van der Waals surface area contributed by atoms with Gasteiger partial charge in [0.25, 0.3) is 5.69 Å². The van der Waals surface area contributed by atoms with Gasteiger partial charge in [-0.2, -0.15) is 0 Å². The third-order valence-corrected chi connectivity index (χ3v) is 5.07. The van der Waals surface area contributed by atoms with Crippen molar-refractivity contribution in [2.75, 3.05) is 0 Å². The quantitative estimate of drug-likeness (QED) is 0.380. The number of carbonyl (C=O) groups is 2. The summed E-state index contributed by atoms with van der Waals surface area (Å²) < 4.78 is 5.55. The van der Waals surface area contributed by atoms with Crippen LogP contribution in [0.4, 0.5) is 5.69 Å². The largest absolute Gasteiger partial charge is 0.405 e. The Morgan fingerprint density at radius 3 is 2.38 bits per heavy atom. The van der Waals surface area contributed by atoms with E-state index in [4.69, 9.17) is 9.73 Å². The Morgan fingerprint density at radius 2 is 1.83 bits per heavy atom. The Balaban J connectivity index is 2.11.